The number of nitro benzene ring substituents is 1. The summed E-state index contributed by atoms with van der Waals surface area (Å²) in [6.45, 7) is 1.83. The van der Waals surface area contributed by atoms with Crippen LogP contribution in [0.25, 0.3) is 0 Å². The highest BCUT2D eigenvalue weighted by Crippen LogP contribution is 2.30. The number of amides is 1. The van der Waals surface area contributed by atoms with Crippen LogP contribution in [-0.4, -0.2) is 35.6 Å². The van der Waals surface area contributed by atoms with Gasteiger partial charge in [-0.2, -0.15) is 0 Å². The van der Waals surface area contributed by atoms with E-state index in [0.29, 0.717) is 0 Å². The van der Waals surface area contributed by atoms with E-state index in [1.165, 1.54) is 25.3 Å². The fourth-order valence-corrected chi connectivity index (χ4v) is 1.79. The molecule has 1 unspecified atom stereocenters. The Kier molecular flexibility index (Phi) is 5.65. The molecule has 1 aromatic carbocycles. The molecule has 0 saturated heterocycles. The molecule has 114 valence electrons. The molecule has 0 aromatic heterocycles. The van der Waals surface area contributed by atoms with Gasteiger partial charge in [0.1, 0.15) is 0 Å². The molecule has 21 heavy (non-hydrogen) atoms. The van der Waals surface area contributed by atoms with Crippen molar-refractivity contribution in [2.75, 3.05) is 13.7 Å². The third kappa shape index (κ3) is 4.44. The van der Waals surface area contributed by atoms with Crippen molar-refractivity contribution in [2.45, 2.75) is 13.3 Å². The number of nitrogens with one attached hydrogen (secondary N) is 1. The molecule has 0 bridgehead atoms. The molecule has 0 aliphatic carbocycles. The molecule has 0 heterocycles. The molecule has 0 aliphatic heterocycles. The fourth-order valence-electron chi connectivity index (χ4n) is 1.79. The van der Waals surface area contributed by atoms with E-state index in [1.807, 2.05) is 0 Å². The van der Waals surface area contributed by atoms with E-state index in [0.717, 1.165) is 0 Å². The summed E-state index contributed by atoms with van der Waals surface area (Å²) in [6, 6.07) is 4.03. The lowest BCUT2D eigenvalue weighted by Crippen LogP contribution is -2.29. The number of benzene rings is 1. The first-order chi connectivity index (χ1) is 9.86. The zero-order valence-corrected chi connectivity index (χ0v) is 11.7. The number of methoxy groups -OCH3 is 1. The van der Waals surface area contributed by atoms with Gasteiger partial charge in [-0.05, 0) is 12.0 Å². The van der Waals surface area contributed by atoms with E-state index < -0.39 is 16.8 Å². The number of nitrogens with zero attached hydrogens (tertiary/aromatic N) is 1. The van der Waals surface area contributed by atoms with Gasteiger partial charge in [0, 0.05) is 19.0 Å². The molecular weight excluding hydrogens is 280 g/mol. The van der Waals surface area contributed by atoms with Crippen LogP contribution < -0.4 is 10.1 Å². The van der Waals surface area contributed by atoms with Gasteiger partial charge in [-0.1, -0.05) is 13.0 Å². The molecule has 1 aromatic rings. The quantitative estimate of drug-likeness (QED) is 0.580. The molecular formula is C13H16N2O6. The first-order valence-corrected chi connectivity index (χ1v) is 6.18. The second-order valence-corrected chi connectivity index (χ2v) is 4.53. The number of para-hydroxylation sites is 1. The Morgan fingerprint density at radius 1 is 1.48 bits per heavy atom. The van der Waals surface area contributed by atoms with Crippen molar-refractivity contribution < 1.29 is 24.4 Å². The number of carboxylic acids is 1. The first-order valence-electron chi connectivity index (χ1n) is 6.18. The average molecular weight is 296 g/mol. The SMILES string of the molecule is COc1c(C(=O)NCC(C)CC(=O)O)cccc1[N+](=O)[O-]. The van der Waals surface area contributed by atoms with Gasteiger partial charge in [-0.25, -0.2) is 0 Å². The average Bonchev–Trinajstić information content (AvgIpc) is 2.42. The smallest absolute Gasteiger partial charge is 0.311 e. The Hall–Kier alpha value is -2.64. The van der Waals surface area contributed by atoms with Crippen LogP contribution in [0.2, 0.25) is 0 Å². The number of aliphatic carboxylic acids is 1. The summed E-state index contributed by atoms with van der Waals surface area (Å²) in [5.41, 5.74) is -0.266. The summed E-state index contributed by atoms with van der Waals surface area (Å²) in [6.07, 6.45) is -0.0770. The largest absolute Gasteiger partial charge is 0.490 e. The molecule has 8 heteroatoms. The minimum absolute atomic E-state index is 0.0363. The monoisotopic (exact) mass is 296 g/mol. The standard InChI is InChI=1S/C13H16N2O6/c1-8(6-11(16)17)7-14-13(18)9-4-3-5-10(15(19)20)12(9)21-2/h3-5,8H,6-7H2,1-2H3,(H,14,18)(H,16,17). The van der Waals surface area contributed by atoms with Gasteiger partial charge in [0.25, 0.3) is 5.91 Å². The summed E-state index contributed by atoms with van der Waals surface area (Å²) in [5.74, 6) is -1.88. The molecule has 2 N–H and O–H groups in total. The van der Waals surface area contributed by atoms with Crippen molar-refractivity contribution in [3.8, 4) is 5.75 Å². The Labute approximate surface area is 120 Å². The van der Waals surface area contributed by atoms with Crippen LogP contribution in [0.4, 0.5) is 5.69 Å². The highest BCUT2D eigenvalue weighted by atomic mass is 16.6. The predicted molar refractivity (Wildman–Crippen MR) is 73.4 cm³/mol. The van der Waals surface area contributed by atoms with Crippen molar-refractivity contribution in [1.29, 1.82) is 0 Å². The summed E-state index contributed by atoms with van der Waals surface area (Å²) in [7, 11) is 1.24. The van der Waals surface area contributed by atoms with Crippen molar-refractivity contribution in [3.63, 3.8) is 0 Å². The van der Waals surface area contributed by atoms with Crippen LogP contribution in [-0.2, 0) is 4.79 Å². The number of nitro groups is 1. The van der Waals surface area contributed by atoms with Crippen molar-refractivity contribution >= 4 is 17.6 Å². The Morgan fingerprint density at radius 2 is 2.14 bits per heavy atom. The molecule has 0 saturated carbocycles. The van der Waals surface area contributed by atoms with Gasteiger partial charge in [0.2, 0.25) is 5.75 Å². The van der Waals surface area contributed by atoms with E-state index in [-0.39, 0.29) is 35.9 Å². The third-order valence-electron chi connectivity index (χ3n) is 2.77. The van der Waals surface area contributed by atoms with Crippen LogP contribution in [0.15, 0.2) is 18.2 Å². The van der Waals surface area contributed by atoms with Gasteiger partial charge >= 0.3 is 11.7 Å². The second-order valence-electron chi connectivity index (χ2n) is 4.53. The van der Waals surface area contributed by atoms with E-state index >= 15 is 0 Å². The van der Waals surface area contributed by atoms with Crippen LogP contribution in [0.5, 0.6) is 5.75 Å². The normalized spacial score (nSPS) is 11.5. The molecule has 0 spiro atoms. The Morgan fingerprint density at radius 3 is 2.67 bits per heavy atom. The Balaban J connectivity index is 2.85. The molecule has 8 nitrogen and oxygen atoms in total. The summed E-state index contributed by atoms with van der Waals surface area (Å²) >= 11 is 0. The zero-order chi connectivity index (χ0) is 16.0. The maximum Gasteiger partial charge on any atom is 0.311 e. The van der Waals surface area contributed by atoms with Crippen LogP contribution in [0.3, 0.4) is 0 Å². The zero-order valence-electron chi connectivity index (χ0n) is 11.7. The lowest BCUT2D eigenvalue weighted by atomic mass is 10.1. The number of carbonyl (C=O) groups excluding carboxylic acids is 1. The topological polar surface area (TPSA) is 119 Å². The highest BCUT2D eigenvalue weighted by molar-refractivity contribution is 5.98. The molecule has 1 amide bonds. The molecule has 1 rings (SSSR count). The summed E-state index contributed by atoms with van der Waals surface area (Å²) in [5, 5.41) is 22.0. The number of rotatable bonds is 7. The van der Waals surface area contributed by atoms with Gasteiger partial charge < -0.3 is 15.2 Å². The third-order valence-corrected chi connectivity index (χ3v) is 2.77. The lowest BCUT2D eigenvalue weighted by Gasteiger charge is -2.12. The molecule has 0 aliphatic rings. The number of carbonyl (C=O) groups is 2. The van der Waals surface area contributed by atoms with E-state index in [1.54, 1.807) is 6.92 Å². The second kappa shape index (κ2) is 7.22. The summed E-state index contributed by atoms with van der Waals surface area (Å²) in [4.78, 5) is 32.8. The predicted octanol–water partition coefficient (Wildman–Crippen LogP) is 1.44. The number of hydrogen-bond acceptors (Lipinski definition) is 5. The van der Waals surface area contributed by atoms with Crippen molar-refractivity contribution in [3.05, 3.63) is 33.9 Å². The Bertz CT molecular complexity index is 558. The van der Waals surface area contributed by atoms with Crippen molar-refractivity contribution in [1.82, 2.24) is 5.32 Å². The van der Waals surface area contributed by atoms with Crippen LogP contribution in [0.1, 0.15) is 23.7 Å². The van der Waals surface area contributed by atoms with Crippen LogP contribution >= 0.6 is 0 Å². The number of carboxylic acid groups (broad SMARTS) is 1. The van der Waals surface area contributed by atoms with Gasteiger partial charge in [0.15, 0.2) is 0 Å². The van der Waals surface area contributed by atoms with Crippen molar-refractivity contribution in [2.24, 2.45) is 5.92 Å². The molecule has 0 fully saturated rings. The summed E-state index contributed by atoms with van der Waals surface area (Å²) < 4.78 is 4.93. The van der Waals surface area contributed by atoms with E-state index in [9.17, 15) is 19.7 Å². The van der Waals surface area contributed by atoms with Gasteiger partial charge in [-0.3, -0.25) is 19.7 Å². The maximum atomic E-state index is 12.0. The lowest BCUT2D eigenvalue weighted by molar-refractivity contribution is -0.385. The maximum absolute atomic E-state index is 12.0. The minimum atomic E-state index is -0.954. The first kappa shape index (κ1) is 16.4. The fraction of sp³-hybridized carbons (Fsp3) is 0.385. The van der Waals surface area contributed by atoms with E-state index in [4.69, 9.17) is 9.84 Å². The van der Waals surface area contributed by atoms with Gasteiger partial charge in [-0.15, -0.1) is 0 Å². The van der Waals surface area contributed by atoms with E-state index in [2.05, 4.69) is 5.32 Å². The van der Waals surface area contributed by atoms with Gasteiger partial charge in [0.05, 0.1) is 17.6 Å². The van der Waals surface area contributed by atoms with Crippen LogP contribution in [0, 0.1) is 16.0 Å². The highest BCUT2D eigenvalue weighted by Gasteiger charge is 2.22. The molecule has 1 atom stereocenters. The number of hydrogen-bond donors (Lipinski definition) is 2. The minimum Gasteiger partial charge on any atom is -0.490 e. The molecule has 0 radical (unpaired) electrons. The number of ether oxygens (including phenoxy) is 1.